The molecule has 2 aromatic rings. The second kappa shape index (κ2) is 5.48. The number of nitro groups is 1. The van der Waals surface area contributed by atoms with Crippen LogP contribution in [0, 0.1) is 24.0 Å². The van der Waals surface area contributed by atoms with Crippen LogP contribution in [0.3, 0.4) is 0 Å². The molecule has 0 saturated carbocycles. The van der Waals surface area contributed by atoms with Crippen LogP contribution in [0.25, 0.3) is 0 Å². The number of phenols is 1. The van der Waals surface area contributed by atoms with Gasteiger partial charge in [0.05, 0.1) is 16.3 Å². The molecule has 0 atom stereocenters. The fourth-order valence-corrected chi connectivity index (χ4v) is 1.75. The normalized spacial score (nSPS) is 10.9. The molecule has 2 aromatic carbocycles. The number of rotatable bonds is 3. The van der Waals surface area contributed by atoms with Gasteiger partial charge in [-0.3, -0.25) is 10.1 Å². The zero-order valence-corrected chi connectivity index (χ0v) is 11.1. The first-order valence-corrected chi connectivity index (χ1v) is 5.94. The number of benzene rings is 2. The van der Waals surface area contributed by atoms with Crippen LogP contribution in [-0.4, -0.2) is 10.0 Å². The monoisotopic (exact) mass is 271 g/mol. The number of hydrogen-bond acceptors (Lipinski definition) is 5. The molecular formula is C14H13N3O3. The molecule has 0 heterocycles. The van der Waals surface area contributed by atoms with E-state index in [1.165, 1.54) is 24.3 Å². The highest BCUT2D eigenvalue weighted by Crippen LogP contribution is 2.28. The molecule has 2 rings (SSSR count). The van der Waals surface area contributed by atoms with Gasteiger partial charge in [-0.15, -0.1) is 0 Å². The molecule has 0 spiro atoms. The first-order chi connectivity index (χ1) is 9.47. The number of phenolic OH excluding ortho intramolecular Hbond substituents is 1. The lowest BCUT2D eigenvalue weighted by atomic mass is 10.1. The SMILES string of the molecule is Cc1cc(N=Nc2ccc([N+](=O)[O-])cc2)cc(C)c1O. The smallest absolute Gasteiger partial charge is 0.269 e. The number of non-ortho nitro benzene ring substituents is 1. The van der Waals surface area contributed by atoms with Crippen molar-refractivity contribution < 1.29 is 10.0 Å². The lowest BCUT2D eigenvalue weighted by molar-refractivity contribution is -0.384. The Labute approximate surface area is 115 Å². The van der Waals surface area contributed by atoms with E-state index in [-0.39, 0.29) is 11.4 Å². The van der Waals surface area contributed by atoms with Gasteiger partial charge in [-0.2, -0.15) is 10.2 Å². The van der Waals surface area contributed by atoms with Gasteiger partial charge in [0.2, 0.25) is 0 Å². The Morgan fingerprint density at radius 1 is 1.00 bits per heavy atom. The summed E-state index contributed by atoms with van der Waals surface area (Å²) in [7, 11) is 0. The molecule has 0 fully saturated rings. The zero-order chi connectivity index (χ0) is 14.7. The van der Waals surface area contributed by atoms with Crippen molar-refractivity contribution in [2.24, 2.45) is 10.2 Å². The summed E-state index contributed by atoms with van der Waals surface area (Å²) in [4.78, 5) is 10.1. The first kappa shape index (κ1) is 13.7. The average Bonchev–Trinajstić information content (AvgIpc) is 2.42. The number of nitrogens with zero attached hydrogens (tertiary/aromatic N) is 3. The molecule has 6 heteroatoms. The van der Waals surface area contributed by atoms with Crippen molar-refractivity contribution in [2.45, 2.75) is 13.8 Å². The molecule has 0 aliphatic rings. The van der Waals surface area contributed by atoms with Crippen molar-refractivity contribution in [1.82, 2.24) is 0 Å². The maximum absolute atomic E-state index is 10.5. The first-order valence-electron chi connectivity index (χ1n) is 5.94. The van der Waals surface area contributed by atoms with Crippen LogP contribution in [0.1, 0.15) is 11.1 Å². The third kappa shape index (κ3) is 2.97. The molecule has 1 N–H and O–H groups in total. The van der Waals surface area contributed by atoms with E-state index in [0.29, 0.717) is 11.4 Å². The number of aromatic hydroxyl groups is 1. The second-order valence-corrected chi connectivity index (χ2v) is 4.40. The van der Waals surface area contributed by atoms with Crippen LogP contribution in [0.2, 0.25) is 0 Å². The van der Waals surface area contributed by atoms with E-state index < -0.39 is 4.92 Å². The molecule has 102 valence electrons. The third-order valence-electron chi connectivity index (χ3n) is 2.82. The van der Waals surface area contributed by atoms with Crippen molar-refractivity contribution in [3.8, 4) is 5.75 Å². The highest BCUT2D eigenvalue weighted by atomic mass is 16.6. The van der Waals surface area contributed by atoms with E-state index in [1.807, 2.05) is 0 Å². The molecule has 0 aromatic heterocycles. The van der Waals surface area contributed by atoms with Crippen LogP contribution in [-0.2, 0) is 0 Å². The van der Waals surface area contributed by atoms with E-state index >= 15 is 0 Å². The fraction of sp³-hybridized carbons (Fsp3) is 0.143. The maximum atomic E-state index is 10.5. The van der Waals surface area contributed by atoms with Crippen LogP contribution < -0.4 is 0 Å². The number of nitro benzene ring substituents is 1. The molecule has 0 saturated heterocycles. The molecule has 20 heavy (non-hydrogen) atoms. The Morgan fingerprint density at radius 3 is 2.00 bits per heavy atom. The molecule has 0 aliphatic heterocycles. The van der Waals surface area contributed by atoms with Crippen LogP contribution in [0.15, 0.2) is 46.6 Å². The van der Waals surface area contributed by atoms with Crippen molar-refractivity contribution in [1.29, 1.82) is 0 Å². The summed E-state index contributed by atoms with van der Waals surface area (Å²) in [5.41, 5.74) is 2.61. The molecule has 0 amide bonds. The molecule has 6 nitrogen and oxygen atoms in total. The van der Waals surface area contributed by atoms with Crippen molar-refractivity contribution in [3.63, 3.8) is 0 Å². The summed E-state index contributed by atoms with van der Waals surface area (Å²) >= 11 is 0. The maximum Gasteiger partial charge on any atom is 0.269 e. The average molecular weight is 271 g/mol. The lowest BCUT2D eigenvalue weighted by Gasteiger charge is -2.03. The van der Waals surface area contributed by atoms with Gasteiger partial charge in [0, 0.05) is 12.1 Å². The summed E-state index contributed by atoms with van der Waals surface area (Å²) in [5.74, 6) is 0.249. The van der Waals surface area contributed by atoms with Crippen molar-refractivity contribution >= 4 is 17.1 Å². The zero-order valence-electron chi connectivity index (χ0n) is 11.1. The number of aryl methyl sites for hydroxylation is 2. The van der Waals surface area contributed by atoms with E-state index in [1.54, 1.807) is 26.0 Å². The van der Waals surface area contributed by atoms with Crippen LogP contribution in [0.4, 0.5) is 17.1 Å². The van der Waals surface area contributed by atoms with Gasteiger partial charge in [0.1, 0.15) is 5.75 Å². The van der Waals surface area contributed by atoms with E-state index in [2.05, 4.69) is 10.2 Å². The van der Waals surface area contributed by atoms with Gasteiger partial charge in [0.25, 0.3) is 5.69 Å². The predicted octanol–water partition coefficient (Wildman–Crippen LogP) is 4.33. The van der Waals surface area contributed by atoms with Crippen LogP contribution in [0.5, 0.6) is 5.75 Å². The Bertz CT molecular complexity index is 656. The third-order valence-corrected chi connectivity index (χ3v) is 2.82. The Morgan fingerprint density at radius 2 is 1.50 bits per heavy atom. The summed E-state index contributed by atoms with van der Waals surface area (Å²) in [5, 5.41) is 28.3. The van der Waals surface area contributed by atoms with Gasteiger partial charge in [-0.25, -0.2) is 0 Å². The highest BCUT2D eigenvalue weighted by Gasteiger charge is 2.04. The van der Waals surface area contributed by atoms with Gasteiger partial charge in [0.15, 0.2) is 0 Å². The number of hydrogen-bond donors (Lipinski definition) is 1. The summed E-state index contributed by atoms with van der Waals surface area (Å²) in [6.45, 7) is 3.57. The van der Waals surface area contributed by atoms with Gasteiger partial charge >= 0.3 is 0 Å². The topological polar surface area (TPSA) is 88.1 Å². The van der Waals surface area contributed by atoms with Crippen molar-refractivity contribution in [3.05, 3.63) is 57.6 Å². The standard InChI is InChI=1S/C14H13N3O3/c1-9-7-12(8-10(2)14(9)18)16-15-11-3-5-13(6-4-11)17(19)20/h3-8,18H,1-2H3. The number of azo groups is 1. The summed E-state index contributed by atoms with van der Waals surface area (Å²) in [6.07, 6.45) is 0. The quantitative estimate of drug-likeness (QED) is 0.511. The molecule has 0 aliphatic carbocycles. The largest absolute Gasteiger partial charge is 0.507 e. The van der Waals surface area contributed by atoms with E-state index in [4.69, 9.17) is 0 Å². The minimum Gasteiger partial charge on any atom is -0.507 e. The molecule has 0 bridgehead atoms. The molecule has 0 unspecified atom stereocenters. The van der Waals surface area contributed by atoms with Crippen molar-refractivity contribution in [2.75, 3.05) is 0 Å². The Kier molecular flexibility index (Phi) is 3.74. The lowest BCUT2D eigenvalue weighted by Crippen LogP contribution is -1.85. The predicted molar refractivity (Wildman–Crippen MR) is 74.9 cm³/mol. The van der Waals surface area contributed by atoms with E-state index in [0.717, 1.165) is 11.1 Å². The Balaban J connectivity index is 2.23. The molecular weight excluding hydrogens is 258 g/mol. The fourth-order valence-electron chi connectivity index (χ4n) is 1.75. The van der Waals surface area contributed by atoms with Gasteiger partial charge in [-0.1, -0.05) is 0 Å². The minimum absolute atomic E-state index is 0.0141. The minimum atomic E-state index is -0.465. The summed E-state index contributed by atoms with van der Waals surface area (Å²) < 4.78 is 0. The van der Waals surface area contributed by atoms with Gasteiger partial charge < -0.3 is 5.11 Å². The summed E-state index contributed by atoms with van der Waals surface area (Å²) in [6, 6.07) is 9.25. The molecule has 0 radical (unpaired) electrons. The highest BCUT2D eigenvalue weighted by molar-refractivity contribution is 5.51. The second-order valence-electron chi connectivity index (χ2n) is 4.40. The van der Waals surface area contributed by atoms with Crippen LogP contribution >= 0.6 is 0 Å². The van der Waals surface area contributed by atoms with Gasteiger partial charge in [-0.05, 0) is 49.2 Å². The van der Waals surface area contributed by atoms with E-state index in [9.17, 15) is 15.2 Å². The Hall–Kier alpha value is -2.76.